The molecule has 1 nitrogen and oxygen atoms in total. The number of benzene rings is 1. The van der Waals surface area contributed by atoms with Crippen LogP contribution in [0.2, 0.25) is 10.0 Å². The van der Waals surface area contributed by atoms with Crippen molar-refractivity contribution >= 4 is 28.9 Å². The van der Waals surface area contributed by atoms with E-state index in [9.17, 15) is 4.39 Å². The zero-order valence-electron chi connectivity index (χ0n) is 7.37. The summed E-state index contributed by atoms with van der Waals surface area (Å²) >= 11 is 11.4. The molecule has 0 radical (unpaired) electrons. The van der Waals surface area contributed by atoms with Crippen LogP contribution in [-0.2, 0) is 0 Å². The molecule has 0 heterocycles. The summed E-state index contributed by atoms with van der Waals surface area (Å²) < 4.78 is 13.4. The first-order valence-corrected chi connectivity index (χ1v) is 4.63. The fraction of sp³-hybridized carbons (Fsp3) is 0.333. The average molecular weight is 222 g/mol. The quantitative estimate of drug-likeness (QED) is 0.567. The second-order valence-corrected chi connectivity index (χ2v) is 3.95. The Morgan fingerprint density at radius 1 is 1.31 bits per heavy atom. The molecule has 0 spiro atoms. The van der Waals surface area contributed by atoms with Crippen molar-refractivity contribution in [3.8, 4) is 0 Å². The van der Waals surface area contributed by atoms with Gasteiger partial charge in [-0.2, -0.15) is 0 Å². The van der Waals surface area contributed by atoms with E-state index in [2.05, 4.69) is 0 Å². The first-order valence-electron chi connectivity index (χ1n) is 3.88. The summed E-state index contributed by atoms with van der Waals surface area (Å²) in [5, 5.41) is 0.318. The van der Waals surface area contributed by atoms with Gasteiger partial charge in [0, 0.05) is 5.56 Å². The number of nitrogens with two attached hydrogens (primary N) is 1. The highest BCUT2D eigenvalue weighted by molar-refractivity contribution is 6.36. The van der Waals surface area contributed by atoms with E-state index in [4.69, 9.17) is 28.9 Å². The van der Waals surface area contributed by atoms with Gasteiger partial charge in [-0.25, -0.2) is 4.39 Å². The standard InChI is InChI=1S/C9H10Cl2FN/c1-4(2)7-8(12)5(10)3-6(11)9(7)13/h3-4H,13H2,1-2H3. The second-order valence-electron chi connectivity index (χ2n) is 3.14. The molecule has 0 saturated carbocycles. The van der Waals surface area contributed by atoms with Gasteiger partial charge in [0.15, 0.2) is 0 Å². The lowest BCUT2D eigenvalue weighted by molar-refractivity contribution is 0.600. The van der Waals surface area contributed by atoms with Crippen molar-refractivity contribution in [2.75, 3.05) is 5.73 Å². The predicted octanol–water partition coefficient (Wildman–Crippen LogP) is 3.84. The maximum absolute atomic E-state index is 13.4. The average Bonchev–Trinajstić information content (AvgIpc) is 2.01. The van der Waals surface area contributed by atoms with Crippen molar-refractivity contribution in [2.24, 2.45) is 0 Å². The van der Waals surface area contributed by atoms with Gasteiger partial charge in [0.2, 0.25) is 0 Å². The minimum atomic E-state index is -0.474. The van der Waals surface area contributed by atoms with Gasteiger partial charge >= 0.3 is 0 Å². The molecule has 72 valence electrons. The molecule has 0 aliphatic rings. The van der Waals surface area contributed by atoms with E-state index in [1.54, 1.807) is 0 Å². The van der Waals surface area contributed by atoms with Crippen LogP contribution in [0.15, 0.2) is 6.07 Å². The van der Waals surface area contributed by atoms with Crippen molar-refractivity contribution in [1.29, 1.82) is 0 Å². The maximum Gasteiger partial charge on any atom is 0.147 e. The first kappa shape index (κ1) is 10.6. The van der Waals surface area contributed by atoms with Gasteiger partial charge in [-0.1, -0.05) is 37.0 Å². The van der Waals surface area contributed by atoms with E-state index in [0.29, 0.717) is 10.6 Å². The Labute approximate surface area is 86.6 Å². The molecule has 0 aliphatic heterocycles. The zero-order chi connectivity index (χ0) is 10.2. The molecule has 0 amide bonds. The van der Waals surface area contributed by atoms with Gasteiger partial charge < -0.3 is 5.73 Å². The Morgan fingerprint density at radius 3 is 2.31 bits per heavy atom. The minimum absolute atomic E-state index is 0.0166. The van der Waals surface area contributed by atoms with Crippen LogP contribution in [0.25, 0.3) is 0 Å². The molecule has 0 unspecified atom stereocenters. The van der Waals surface area contributed by atoms with Gasteiger partial charge in [-0.15, -0.1) is 0 Å². The molecular weight excluding hydrogens is 212 g/mol. The van der Waals surface area contributed by atoms with E-state index in [1.807, 2.05) is 13.8 Å². The minimum Gasteiger partial charge on any atom is -0.397 e. The molecule has 1 rings (SSSR count). The monoisotopic (exact) mass is 221 g/mol. The number of rotatable bonds is 1. The lowest BCUT2D eigenvalue weighted by Crippen LogP contribution is -2.01. The molecule has 0 fully saturated rings. The Morgan fingerprint density at radius 2 is 1.85 bits per heavy atom. The second kappa shape index (κ2) is 3.72. The predicted molar refractivity (Wildman–Crippen MR) is 54.9 cm³/mol. The van der Waals surface area contributed by atoms with E-state index in [-0.39, 0.29) is 16.6 Å². The van der Waals surface area contributed by atoms with Crippen molar-refractivity contribution in [3.05, 3.63) is 27.5 Å². The molecule has 0 atom stereocenters. The topological polar surface area (TPSA) is 26.0 Å². The summed E-state index contributed by atoms with van der Waals surface area (Å²) in [4.78, 5) is 0. The van der Waals surface area contributed by atoms with Crippen LogP contribution < -0.4 is 5.73 Å². The molecule has 0 aliphatic carbocycles. The molecular formula is C9H10Cl2FN. The van der Waals surface area contributed by atoms with Gasteiger partial charge in [0.1, 0.15) is 5.82 Å². The van der Waals surface area contributed by atoms with E-state index in [0.717, 1.165) is 0 Å². The summed E-state index contributed by atoms with van der Waals surface area (Å²) in [6.45, 7) is 3.67. The highest BCUT2D eigenvalue weighted by Gasteiger charge is 2.16. The number of nitrogen functional groups attached to an aromatic ring is 1. The van der Waals surface area contributed by atoms with Crippen LogP contribution in [0.1, 0.15) is 25.3 Å². The lowest BCUT2D eigenvalue weighted by Gasteiger charge is -2.12. The smallest absolute Gasteiger partial charge is 0.147 e. The molecule has 0 saturated heterocycles. The first-order chi connectivity index (χ1) is 5.95. The van der Waals surface area contributed by atoms with Crippen molar-refractivity contribution < 1.29 is 4.39 Å². The normalized spacial score (nSPS) is 10.9. The van der Waals surface area contributed by atoms with Crippen LogP contribution >= 0.6 is 23.2 Å². The summed E-state index contributed by atoms with van der Waals surface area (Å²) in [7, 11) is 0. The number of anilines is 1. The highest BCUT2D eigenvalue weighted by atomic mass is 35.5. The summed E-state index contributed by atoms with van der Waals surface area (Å²) in [6.07, 6.45) is 0. The van der Waals surface area contributed by atoms with E-state index in [1.165, 1.54) is 6.07 Å². The highest BCUT2D eigenvalue weighted by Crippen LogP contribution is 2.35. The van der Waals surface area contributed by atoms with E-state index < -0.39 is 5.82 Å². The maximum atomic E-state index is 13.4. The third kappa shape index (κ3) is 1.89. The van der Waals surface area contributed by atoms with Gasteiger partial charge in [0.25, 0.3) is 0 Å². The van der Waals surface area contributed by atoms with Gasteiger partial charge in [-0.05, 0) is 12.0 Å². The number of hydrogen-bond donors (Lipinski definition) is 1. The van der Waals surface area contributed by atoms with Crippen molar-refractivity contribution in [2.45, 2.75) is 19.8 Å². The summed E-state index contributed by atoms with van der Waals surface area (Å²) in [6, 6.07) is 1.32. The van der Waals surface area contributed by atoms with Crippen LogP contribution in [0.4, 0.5) is 10.1 Å². The van der Waals surface area contributed by atoms with Crippen molar-refractivity contribution in [3.63, 3.8) is 0 Å². The Hall–Kier alpha value is -0.470. The van der Waals surface area contributed by atoms with Gasteiger partial charge in [0.05, 0.1) is 15.7 Å². The molecule has 2 N–H and O–H groups in total. The van der Waals surface area contributed by atoms with Crippen LogP contribution in [0.5, 0.6) is 0 Å². The lowest BCUT2D eigenvalue weighted by atomic mass is 10.0. The number of halogens is 3. The molecule has 1 aromatic carbocycles. The van der Waals surface area contributed by atoms with Gasteiger partial charge in [-0.3, -0.25) is 0 Å². The molecule has 0 aromatic heterocycles. The fourth-order valence-electron chi connectivity index (χ4n) is 1.19. The Bertz CT molecular complexity index is 311. The van der Waals surface area contributed by atoms with Crippen molar-refractivity contribution in [1.82, 2.24) is 0 Å². The third-order valence-corrected chi connectivity index (χ3v) is 2.41. The molecule has 13 heavy (non-hydrogen) atoms. The van der Waals surface area contributed by atoms with Crippen LogP contribution in [-0.4, -0.2) is 0 Å². The SMILES string of the molecule is CC(C)c1c(N)c(Cl)cc(Cl)c1F. The summed E-state index contributed by atoms with van der Waals surface area (Å²) in [5.74, 6) is -0.505. The molecule has 0 bridgehead atoms. The van der Waals surface area contributed by atoms with Crippen LogP contribution in [0, 0.1) is 5.82 Å². The largest absolute Gasteiger partial charge is 0.397 e. The zero-order valence-corrected chi connectivity index (χ0v) is 8.88. The van der Waals surface area contributed by atoms with E-state index >= 15 is 0 Å². The Balaban J connectivity index is 3.46. The Kier molecular flexibility index (Phi) is 3.04. The molecule has 4 heteroatoms. The fourth-order valence-corrected chi connectivity index (χ4v) is 1.67. The molecule has 1 aromatic rings. The third-order valence-electron chi connectivity index (χ3n) is 1.82. The number of hydrogen-bond acceptors (Lipinski definition) is 1. The van der Waals surface area contributed by atoms with Crippen LogP contribution in [0.3, 0.4) is 0 Å². The summed E-state index contributed by atoms with van der Waals surface area (Å²) in [5.41, 5.74) is 6.29.